The van der Waals surface area contributed by atoms with Gasteiger partial charge in [0.25, 0.3) is 0 Å². The van der Waals surface area contributed by atoms with E-state index in [9.17, 15) is 4.79 Å². The van der Waals surface area contributed by atoms with Gasteiger partial charge in [0.15, 0.2) is 0 Å². The van der Waals surface area contributed by atoms with Crippen LogP contribution in [0, 0.1) is 0 Å². The minimum absolute atomic E-state index is 0. The van der Waals surface area contributed by atoms with Gasteiger partial charge in [0.05, 0.1) is 0 Å². The summed E-state index contributed by atoms with van der Waals surface area (Å²) in [5.74, 6) is 0.0394. The monoisotopic (exact) mass is 119 g/mol. The van der Waals surface area contributed by atoms with E-state index in [1.165, 1.54) is 6.92 Å². The third kappa shape index (κ3) is 17.9. The molecule has 0 aromatic carbocycles. The number of carbonyl (C=O) groups is 1. The summed E-state index contributed by atoms with van der Waals surface area (Å²) >= 11 is 0. The van der Waals surface area contributed by atoms with Crippen molar-refractivity contribution in [1.82, 2.24) is 5.32 Å². The lowest BCUT2D eigenvalue weighted by Gasteiger charge is -1.88. The van der Waals surface area contributed by atoms with Gasteiger partial charge in [-0.25, -0.2) is 0 Å². The molecule has 2 nitrogen and oxygen atoms in total. The lowest BCUT2D eigenvalue weighted by molar-refractivity contribution is -0.118. The topological polar surface area (TPSA) is 29.1 Å². The van der Waals surface area contributed by atoms with Crippen LogP contribution >= 0.6 is 0 Å². The average Bonchev–Trinajstić information content (AvgIpc) is 1.35. The average molecular weight is 119 g/mol. The molecule has 0 saturated heterocycles. The number of amides is 1. The molecule has 1 amide bonds. The maximum atomic E-state index is 9.93. The summed E-state index contributed by atoms with van der Waals surface area (Å²) in [6.07, 6.45) is 0. The predicted octanol–water partition coefficient (Wildman–Crippen LogP) is 1.41. The minimum atomic E-state index is 0. The lowest BCUT2D eigenvalue weighted by atomic mass is 10.6. The molecule has 0 aliphatic rings. The fourth-order valence-corrected chi connectivity index (χ4v) is 0.249. The standard InChI is InChI=1S/C4H9NO.2CH4/c1-3-5-4(2)6;;/h3H2,1-2H3,(H,5,6);2*1H4. The maximum Gasteiger partial charge on any atom is 0.216 e. The van der Waals surface area contributed by atoms with Gasteiger partial charge < -0.3 is 5.32 Å². The molecule has 0 radical (unpaired) electrons. The van der Waals surface area contributed by atoms with E-state index in [4.69, 9.17) is 0 Å². The Labute approximate surface area is 52.3 Å². The van der Waals surface area contributed by atoms with Crippen molar-refractivity contribution in [3.63, 3.8) is 0 Å². The Kier molecular flexibility index (Phi) is 19.0. The number of nitrogens with one attached hydrogen (secondary N) is 1. The highest BCUT2D eigenvalue weighted by atomic mass is 16.1. The number of hydrogen-bond acceptors (Lipinski definition) is 1. The van der Waals surface area contributed by atoms with Gasteiger partial charge in [-0.2, -0.15) is 0 Å². The Hall–Kier alpha value is -0.530. The van der Waals surface area contributed by atoms with Gasteiger partial charge in [0, 0.05) is 13.5 Å². The molecular formula is C6H17NO. The normalized spacial score (nSPS) is 5.75. The molecular weight excluding hydrogens is 102 g/mol. The third-order valence-electron chi connectivity index (χ3n) is 0.426. The van der Waals surface area contributed by atoms with Crippen LogP contribution in [0.15, 0.2) is 0 Å². The van der Waals surface area contributed by atoms with Crippen molar-refractivity contribution < 1.29 is 4.79 Å². The van der Waals surface area contributed by atoms with Gasteiger partial charge in [-0.3, -0.25) is 4.79 Å². The van der Waals surface area contributed by atoms with E-state index in [-0.39, 0.29) is 20.8 Å². The van der Waals surface area contributed by atoms with E-state index in [2.05, 4.69) is 5.32 Å². The molecule has 8 heavy (non-hydrogen) atoms. The highest BCUT2D eigenvalue weighted by molar-refractivity contribution is 5.72. The van der Waals surface area contributed by atoms with Crippen LogP contribution in [0.1, 0.15) is 28.7 Å². The SMILES string of the molecule is C.C.CCNC(C)=O. The highest BCUT2D eigenvalue weighted by Gasteiger charge is 1.78. The molecule has 0 aliphatic carbocycles. The van der Waals surface area contributed by atoms with Gasteiger partial charge in [0.1, 0.15) is 0 Å². The molecule has 1 N–H and O–H groups in total. The second-order valence-electron chi connectivity index (χ2n) is 1.09. The van der Waals surface area contributed by atoms with Crippen LogP contribution in [0.3, 0.4) is 0 Å². The van der Waals surface area contributed by atoms with E-state index in [1.54, 1.807) is 0 Å². The molecule has 0 aromatic heterocycles. The van der Waals surface area contributed by atoms with Crippen molar-refractivity contribution in [2.24, 2.45) is 0 Å². The molecule has 0 atom stereocenters. The number of rotatable bonds is 1. The first-order chi connectivity index (χ1) is 2.77. The molecule has 0 rings (SSSR count). The molecule has 0 saturated carbocycles. The molecule has 0 fully saturated rings. The van der Waals surface area contributed by atoms with Crippen molar-refractivity contribution in [2.45, 2.75) is 28.7 Å². The first-order valence-corrected chi connectivity index (χ1v) is 2.01. The molecule has 0 unspecified atom stereocenters. The zero-order valence-electron chi connectivity index (χ0n) is 4.12. The van der Waals surface area contributed by atoms with E-state index in [0.717, 1.165) is 6.54 Å². The Morgan fingerprint density at radius 2 is 1.88 bits per heavy atom. The maximum absolute atomic E-state index is 9.93. The quantitative estimate of drug-likeness (QED) is 0.555. The second kappa shape index (κ2) is 9.69. The summed E-state index contributed by atoms with van der Waals surface area (Å²) in [7, 11) is 0. The van der Waals surface area contributed by atoms with Gasteiger partial charge in [-0.1, -0.05) is 14.9 Å². The van der Waals surface area contributed by atoms with Crippen LogP contribution < -0.4 is 5.32 Å². The highest BCUT2D eigenvalue weighted by Crippen LogP contribution is 1.54. The molecule has 2 heteroatoms. The number of carbonyl (C=O) groups excluding carboxylic acids is 1. The minimum Gasteiger partial charge on any atom is -0.357 e. The zero-order valence-corrected chi connectivity index (χ0v) is 4.12. The molecule has 0 heterocycles. The van der Waals surface area contributed by atoms with E-state index >= 15 is 0 Å². The van der Waals surface area contributed by atoms with Crippen LogP contribution in [0.25, 0.3) is 0 Å². The Morgan fingerprint density at radius 3 is 1.88 bits per heavy atom. The van der Waals surface area contributed by atoms with Gasteiger partial charge in [-0.15, -0.1) is 0 Å². The van der Waals surface area contributed by atoms with Crippen LogP contribution in [-0.4, -0.2) is 12.5 Å². The Bertz CT molecular complexity index is 52.5. The number of hydrogen-bond donors (Lipinski definition) is 1. The lowest BCUT2D eigenvalue weighted by Crippen LogP contribution is -2.18. The molecule has 0 bridgehead atoms. The summed E-state index contributed by atoms with van der Waals surface area (Å²) < 4.78 is 0. The molecule has 0 spiro atoms. The van der Waals surface area contributed by atoms with Crippen molar-refractivity contribution in [3.8, 4) is 0 Å². The van der Waals surface area contributed by atoms with Crippen LogP contribution in [0.4, 0.5) is 0 Å². The largest absolute Gasteiger partial charge is 0.357 e. The first-order valence-electron chi connectivity index (χ1n) is 2.01. The fraction of sp³-hybridized carbons (Fsp3) is 0.833. The molecule has 0 aromatic rings. The molecule has 0 aliphatic heterocycles. The first kappa shape index (κ1) is 15.6. The fourth-order valence-electron chi connectivity index (χ4n) is 0.249. The molecule has 52 valence electrons. The van der Waals surface area contributed by atoms with E-state index in [1.807, 2.05) is 6.92 Å². The predicted molar refractivity (Wildman–Crippen MR) is 37.8 cm³/mol. The summed E-state index contributed by atoms with van der Waals surface area (Å²) in [4.78, 5) is 9.93. The van der Waals surface area contributed by atoms with Crippen LogP contribution in [0.5, 0.6) is 0 Å². The van der Waals surface area contributed by atoms with Crippen LogP contribution in [0.2, 0.25) is 0 Å². The summed E-state index contributed by atoms with van der Waals surface area (Å²) in [6.45, 7) is 4.13. The second-order valence-corrected chi connectivity index (χ2v) is 1.09. The summed E-state index contributed by atoms with van der Waals surface area (Å²) in [6, 6.07) is 0. The zero-order chi connectivity index (χ0) is 4.99. The van der Waals surface area contributed by atoms with Crippen molar-refractivity contribution in [3.05, 3.63) is 0 Å². The van der Waals surface area contributed by atoms with Crippen LogP contribution in [-0.2, 0) is 4.79 Å². The van der Waals surface area contributed by atoms with Gasteiger partial charge in [0.2, 0.25) is 5.91 Å². The summed E-state index contributed by atoms with van der Waals surface area (Å²) in [5, 5.41) is 2.57. The van der Waals surface area contributed by atoms with Gasteiger partial charge in [-0.05, 0) is 6.92 Å². The van der Waals surface area contributed by atoms with Crippen molar-refractivity contribution in [1.29, 1.82) is 0 Å². The van der Waals surface area contributed by atoms with Crippen molar-refractivity contribution in [2.75, 3.05) is 6.54 Å². The summed E-state index contributed by atoms with van der Waals surface area (Å²) in [5.41, 5.74) is 0. The Balaban J connectivity index is -0.000000125. The van der Waals surface area contributed by atoms with Crippen molar-refractivity contribution >= 4 is 5.91 Å². The third-order valence-corrected chi connectivity index (χ3v) is 0.426. The van der Waals surface area contributed by atoms with E-state index < -0.39 is 0 Å². The smallest absolute Gasteiger partial charge is 0.216 e. The van der Waals surface area contributed by atoms with Gasteiger partial charge >= 0.3 is 0 Å². The van der Waals surface area contributed by atoms with E-state index in [0.29, 0.717) is 0 Å². The Morgan fingerprint density at radius 1 is 1.50 bits per heavy atom.